The first-order chi connectivity index (χ1) is 14.3. The van der Waals surface area contributed by atoms with Crippen molar-refractivity contribution in [2.45, 2.75) is 45.3 Å². The Kier molecular flexibility index (Phi) is 5.47. The fraction of sp³-hybridized carbons (Fsp3) is 0.304. The van der Waals surface area contributed by atoms with Crippen molar-refractivity contribution in [2.75, 3.05) is 5.32 Å². The summed E-state index contributed by atoms with van der Waals surface area (Å²) in [4.78, 5) is 13.0. The summed E-state index contributed by atoms with van der Waals surface area (Å²) in [6, 6.07) is 13.1. The average Bonchev–Trinajstić information content (AvgIpc) is 3.21. The van der Waals surface area contributed by atoms with Gasteiger partial charge in [-0.3, -0.25) is 9.00 Å². The van der Waals surface area contributed by atoms with Crippen molar-refractivity contribution < 1.29 is 13.7 Å². The zero-order chi connectivity index (χ0) is 21.4. The molecule has 2 heterocycles. The second-order valence-corrected chi connectivity index (χ2v) is 9.24. The minimum Gasteiger partial charge on any atom is -0.491 e. The van der Waals surface area contributed by atoms with Gasteiger partial charge in [0.2, 0.25) is 0 Å². The van der Waals surface area contributed by atoms with E-state index in [1.165, 1.54) is 0 Å². The molecule has 1 aliphatic rings. The number of carbonyl (C=O) groups is 1. The van der Waals surface area contributed by atoms with E-state index in [1.54, 1.807) is 28.9 Å². The van der Waals surface area contributed by atoms with Gasteiger partial charge in [0.25, 0.3) is 5.91 Å². The number of rotatable bonds is 5. The number of carbonyl (C=O) groups excluding carboxylic acids is 1. The van der Waals surface area contributed by atoms with Crippen LogP contribution in [0.4, 0.5) is 5.82 Å². The quantitative estimate of drug-likeness (QED) is 0.664. The van der Waals surface area contributed by atoms with Gasteiger partial charge >= 0.3 is 0 Å². The smallest absolute Gasteiger partial charge is 0.256 e. The maximum Gasteiger partial charge on any atom is 0.256 e. The minimum atomic E-state index is -0.985. The van der Waals surface area contributed by atoms with Crippen LogP contribution in [0.3, 0.4) is 0 Å². The molecule has 1 aliphatic heterocycles. The van der Waals surface area contributed by atoms with Crippen LogP contribution in [0.5, 0.6) is 5.75 Å². The third-order valence-electron chi connectivity index (χ3n) is 5.19. The van der Waals surface area contributed by atoms with Crippen molar-refractivity contribution in [3.8, 4) is 11.4 Å². The monoisotopic (exact) mass is 423 g/mol. The molecule has 3 aromatic rings. The summed E-state index contributed by atoms with van der Waals surface area (Å²) < 4.78 is 19.5. The summed E-state index contributed by atoms with van der Waals surface area (Å²) in [5, 5.41) is 7.72. The highest BCUT2D eigenvalue weighted by atomic mass is 32.2. The minimum absolute atomic E-state index is 0.0695. The van der Waals surface area contributed by atoms with Crippen molar-refractivity contribution in [1.29, 1.82) is 0 Å². The predicted octanol–water partition coefficient (Wildman–Crippen LogP) is 4.29. The van der Waals surface area contributed by atoms with Gasteiger partial charge in [-0.25, -0.2) is 4.68 Å². The molecule has 1 atom stereocenters. The van der Waals surface area contributed by atoms with Gasteiger partial charge in [0.1, 0.15) is 11.6 Å². The number of fused-ring (bicyclic) bond motifs is 1. The fourth-order valence-electron chi connectivity index (χ4n) is 3.53. The maximum absolute atomic E-state index is 13.0. The van der Waals surface area contributed by atoms with E-state index in [-0.39, 0.29) is 12.0 Å². The molecular formula is C23H25N3O3S. The molecule has 0 saturated carbocycles. The van der Waals surface area contributed by atoms with Crippen LogP contribution in [0.25, 0.3) is 5.69 Å². The average molecular weight is 424 g/mol. The molecule has 7 heteroatoms. The van der Waals surface area contributed by atoms with Gasteiger partial charge in [-0.05, 0) is 69.2 Å². The molecule has 0 bridgehead atoms. The number of nitrogens with zero attached hydrogens (tertiary/aromatic N) is 2. The van der Waals surface area contributed by atoms with Gasteiger partial charge in [0.05, 0.1) is 29.0 Å². The molecule has 30 heavy (non-hydrogen) atoms. The van der Waals surface area contributed by atoms with Crippen molar-refractivity contribution in [1.82, 2.24) is 9.78 Å². The van der Waals surface area contributed by atoms with Crippen LogP contribution < -0.4 is 10.1 Å². The molecule has 156 valence electrons. The molecule has 0 fully saturated rings. The lowest BCUT2D eigenvalue weighted by atomic mass is 10.1. The van der Waals surface area contributed by atoms with E-state index in [9.17, 15) is 9.00 Å². The van der Waals surface area contributed by atoms with Crippen LogP contribution in [0.15, 0.2) is 42.5 Å². The van der Waals surface area contributed by atoms with Crippen LogP contribution in [0, 0.1) is 13.8 Å². The van der Waals surface area contributed by atoms with E-state index in [0.29, 0.717) is 22.9 Å². The van der Waals surface area contributed by atoms with Gasteiger partial charge in [-0.1, -0.05) is 12.1 Å². The number of aryl methyl sites for hydroxylation is 1. The van der Waals surface area contributed by atoms with Crippen LogP contribution in [0.1, 0.15) is 46.6 Å². The molecule has 1 amide bonds. The summed E-state index contributed by atoms with van der Waals surface area (Å²) in [6.45, 7) is 8.00. The Labute approximate surface area is 178 Å². The van der Waals surface area contributed by atoms with Crippen LogP contribution >= 0.6 is 0 Å². The molecule has 1 unspecified atom stereocenters. The number of benzene rings is 2. The highest BCUT2D eigenvalue weighted by Gasteiger charge is 2.29. The summed E-state index contributed by atoms with van der Waals surface area (Å²) in [7, 11) is -0.985. The van der Waals surface area contributed by atoms with Gasteiger partial charge in [0, 0.05) is 21.9 Å². The number of hydrogen-bond acceptors (Lipinski definition) is 4. The standard InChI is InChI=1S/C23H25N3O3S/c1-14(2)29-18-10-8-17(9-11-18)23(27)24-22-19-12-30(28)13-20(19)25-26(22)21-7-5-6-15(3)16(21)4/h5-11,14H,12-13H2,1-4H3,(H,24,27). The van der Waals surface area contributed by atoms with E-state index < -0.39 is 10.8 Å². The highest BCUT2D eigenvalue weighted by molar-refractivity contribution is 7.83. The number of ether oxygens (including phenoxy) is 1. The van der Waals surface area contributed by atoms with Crippen LogP contribution in [0.2, 0.25) is 0 Å². The van der Waals surface area contributed by atoms with E-state index >= 15 is 0 Å². The topological polar surface area (TPSA) is 73.2 Å². The Balaban J connectivity index is 1.69. The molecule has 4 rings (SSSR count). The van der Waals surface area contributed by atoms with Gasteiger partial charge in [0.15, 0.2) is 0 Å². The van der Waals surface area contributed by atoms with Crippen molar-refractivity contribution in [3.63, 3.8) is 0 Å². The first-order valence-corrected chi connectivity index (χ1v) is 11.4. The normalized spacial score (nSPS) is 15.3. The maximum atomic E-state index is 13.0. The lowest BCUT2D eigenvalue weighted by Gasteiger charge is -2.14. The summed E-state index contributed by atoms with van der Waals surface area (Å²) >= 11 is 0. The number of hydrogen-bond donors (Lipinski definition) is 1. The second kappa shape index (κ2) is 8.07. The predicted molar refractivity (Wildman–Crippen MR) is 119 cm³/mol. The Morgan fingerprint density at radius 2 is 1.87 bits per heavy atom. The van der Waals surface area contributed by atoms with E-state index in [1.807, 2.05) is 45.9 Å². The van der Waals surface area contributed by atoms with E-state index in [2.05, 4.69) is 5.32 Å². The summed E-state index contributed by atoms with van der Waals surface area (Å²) in [5.74, 6) is 1.89. The van der Waals surface area contributed by atoms with Crippen molar-refractivity contribution in [2.24, 2.45) is 0 Å². The zero-order valence-electron chi connectivity index (χ0n) is 17.6. The van der Waals surface area contributed by atoms with Crippen molar-refractivity contribution in [3.05, 3.63) is 70.4 Å². The molecular weight excluding hydrogens is 398 g/mol. The lowest BCUT2D eigenvalue weighted by Crippen LogP contribution is -2.17. The Bertz CT molecular complexity index is 1130. The third kappa shape index (κ3) is 3.89. The van der Waals surface area contributed by atoms with Gasteiger partial charge < -0.3 is 10.1 Å². The number of amides is 1. The fourth-order valence-corrected chi connectivity index (χ4v) is 4.80. The van der Waals surface area contributed by atoms with Gasteiger partial charge in [-0.15, -0.1) is 0 Å². The number of anilines is 1. The molecule has 1 N–H and O–H groups in total. The van der Waals surface area contributed by atoms with E-state index in [0.717, 1.165) is 33.8 Å². The molecule has 2 aromatic carbocycles. The second-order valence-electron chi connectivity index (χ2n) is 7.78. The number of nitrogens with one attached hydrogen (secondary N) is 1. The van der Waals surface area contributed by atoms with Crippen LogP contribution in [-0.2, 0) is 22.3 Å². The third-order valence-corrected chi connectivity index (χ3v) is 6.40. The molecule has 6 nitrogen and oxygen atoms in total. The molecule has 0 spiro atoms. The summed E-state index contributed by atoms with van der Waals surface area (Å²) in [6.07, 6.45) is 0.0695. The first kappa shape index (κ1) is 20.3. The first-order valence-electron chi connectivity index (χ1n) is 9.94. The molecule has 0 aliphatic carbocycles. The lowest BCUT2D eigenvalue weighted by molar-refractivity contribution is 0.102. The molecule has 0 saturated heterocycles. The Hall–Kier alpha value is -2.93. The van der Waals surface area contributed by atoms with Crippen molar-refractivity contribution >= 4 is 22.5 Å². The van der Waals surface area contributed by atoms with E-state index in [4.69, 9.17) is 9.84 Å². The highest BCUT2D eigenvalue weighted by Crippen LogP contribution is 2.33. The number of aromatic nitrogens is 2. The van der Waals surface area contributed by atoms with Crippen LogP contribution in [-0.4, -0.2) is 26.0 Å². The Morgan fingerprint density at radius 1 is 1.13 bits per heavy atom. The SMILES string of the molecule is Cc1cccc(-n2nc3c(c2NC(=O)c2ccc(OC(C)C)cc2)CS(=O)C3)c1C. The van der Waals surface area contributed by atoms with Gasteiger partial charge in [-0.2, -0.15) is 5.10 Å². The Morgan fingerprint density at radius 3 is 2.57 bits per heavy atom. The molecule has 1 aromatic heterocycles. The summed E-state index contributed by atoms with van der Waals surface area (Å²) in [5.41, 5.74) is 5.29. The molecule has 0 radical (unpaired) electrons. The largest absolute Gasteiger partial charge is 0.491 e. The zero-order valence-corrected chi connectivity index (χ0v) is 18.4.